The highest BCUT2D eigenvalue weighted by Crippen LogP contribution is 2.44. The molecule has 0 aromatic heterocycles. The van der Waals surface area contributed by atoms with Gasteiger partial charge in [-0.2, -0.15) is 0 Å². The van der Waals surface area contributed by atoms with Crippen molar-refractivity contribution in [2.24, 2.45) is 17.1 Å². The van der Waals surface area contributed by atoms with E-state index < -0.39 is 5.54 Å². The van der Waals surface area contributed by atoms with E-state index in [9.17, 15) is 4.39 Å². The van der Waals surface area contributed by atoms with E-state index in [-0.39, 0.29) is 11.6 Å². The fourth-order valence-corrected chi connectivity index (χ4v) is 3.26. The molecule has 0 amide bonds. The SMILES string of the molecule is COc1ccc(C2(N)CCC(C(C)(C)C)CC2)cc1F. The minimum atomic E-state index is -0.394. The first-order valence-corrected chi connectivity index (χ1v) is 7.39. The van der Waals surface area contributed by atoms with Gasteiger partial charge in [0.1, 0.15) is 0 Å². The third-order valence-electron chi connectivity index (χ3n) is 4.83. The number of halogens is 1. The first kappa shape index (κ1) is 15.3. The van der Waals surface area contributed by atoms with Crippen LogP contribution in [0.1, 0.15) is 52.0 Å². The second kappa shape index (κ2) is 5.36. The van der Waals surface area contributed by atoms with Crippen LogP contribution in [-0.4, -0.2) is 7.11 Å². The molecule has 2 nitrogen and oxygen atoms in total. The maximum atomic E-state index is 13.9. The first-order valence-electron chi connectivity index (χ1n) is 7.39. The molecule has 0 heterocycles. The van der Waals surface area contributed by atoms with Crippen molar-refractivity contribution in [1.29, 1.82) is 0 Å². The van der Waals surface area contributed by atoms with E-state index in [1.165, 1.54) is 13.2 Å². The Bertz CT molecular complexity index is 470. The van der Waals surface area contributed by atoms with Crippen LogP contribution < -0.4 is 10.5 Å². The van der Waals surface area contributed by atoms with Gasteiger partial charge in [0.2, 0.25) is 0 Å². The molecular formula is C17H26FNO. The quantitative estimate of drug-likeness (QED) is 0.879. The van der Waals surface area contributed by atoms with E-state index >= 15 is 0 Å². The summed E-state index contributed by atoms with van der Waals surface area (Å²) in [7, 11) is 1.48. The lowest BCUT2D eigenvalue weighted by Gasteiger charge is -2.42. The van der Waals surface area contributed by atoms with Gasteiger partial charge in [0.05, 0.1) is 7.11 Å². The minimum absolute atomic E-state index is 0.278. The Morgan fingerprint density at radius 3 is 2.30 bits per heavy atom. The van der Waals surface area contributed by atoms with Gasteiger partial charge in [-0.05, 0) is 54.7 Å². The molecule has 0 unspecified atom stereocenters. The Kier molecular flexibility index (Phi) is 4.10. The van der Waals surface area contributed by atoms with Crippen LogP contribution >= 0.6 is 0 Å². The second-order valence-electron chi connectivity index (χ2n) is 7.15. The summed E-state index contributed by atoms with van der Waals surface area (Å²) in [5.41, 5.74) is 7.36. The Labute approximate surface area is 121 Å². The fourth-order valence-electron chi connectivity index (χ4n) is 3.26. The summed E-state index contributed by atoms with van der Waals surface area (Å²) in [6, 6.07) is 5.12. The summed E-state index contributed by atoms with van der Waals surface area (Å²) in [6.07, 6.45) is 4.04. The Morgan fingerprint density at radius 1 is 1.25 bits per heavy atom. The molecule has 0 saturated heterocycles. The molecule has 1 aromatic rings. The Morgan fingerprint density at radius 2 is 1.85 bits per heavy atom. The van der Waals surface area contributed by atoms with E-state index in [4.69, 9.17) is 10.5 Å². The summed E-state index contributed by atoms with van der Waals surface area (Å²) in [6.45, 7) is 6.86. The van der Waals surface area contributed by atoms with Gasteiger partial charge in [0.25, 0.3) is 0 Å². The van der Waals surface area contributed by atoms with Crippen molar-refractivity contribution in [1.82, 2.24) is 0 Å². The van der Waals surface area contributed by atoms with Crippen molar-refractivity contribution in [3.8, 4) is 5.75 Å². The molecule has 2 rings (SSSR count). The molecule has 0 radical (unpaired) electrons. The summed E-state index contributed by atoms with van der Waals surface area (Å²) in [5.74, 6) is 0.649. The second-order valence-corrected chi connectivity index (χ2v) is 7.15. The number of hydrogen-bond acceptors (Lipinski definition) is 2. The Hall–Kier alpha value is -1.09. The summed E-state index contributed by atoms with van der Waals surface area (Å²) in [5, 5.41) is 0. The van der Waals surface area contributed by atoms with Crippen molar-refractivity contribution >= 4 is 0 Å². The average molecular weight is 279 g/mol. The molecule has 1 aliphatic carbocycles. The Balaban J connectivity index is 2.15. The highest BCUT2D eigenvalue weighted by Gasteiger charge is 2.37. The van der Waals surface area contributed by atoms with Crippen molar-refractivity contribution in [2.75, 3.05) is 7.11 Å². The molecular weight excluding hydrogens is 253 g/mol. The topological polar surface area (TPSA) is 35.2 Å². The van der Waals surface area contributed by atoms with Gasteiger partial charge in [-0.15, -0.1) is 0 Å². The number of hydrogen-bond donors (Lipinski definition) is 1. The molecule has 0 spiro atoms. The van der Waals surface area contributed by atoms with Gasteiger partial charge < -0.3 is 10.5 Å². The largest absolute Gasteiger partial charge is 0.494 e. The molecule has 2 N–H and O–H groups in total. The van der Waals surface area contributed by atoms with Gasteiger partial charge in [-0.25, -0.2) is 4.39 Å². The zero-order chi connectivity index (χ0) is 15.0. The maximum Gasteiger partial charge on any atom is 0.165 e. The van der Waals surface area contributed by atoms with Crippen LogP contribution in [0, 0.1) is 17.2 Å². The van der Waals surface area contributed by atoms with Crippen LogP contribution in [-0.2, 0) is 5.54 Å². The summed E-state index contributed by atoms with van der Waals surface area (Å²) < 4.78 is 18.8. The number of benzene rings is 1. The highest BCUT2D eigenvalue weighted by atomic mass is 19.1. The van der Waals surface area contributed by atoms with Crippen molar-refractivity contribution in [2.45, 2.75) is 52.0 Å². The molecule has 1 saturated carbocycles. The molecule has 0 aliphatic heterocycles. The zero-order valence-electron chi connectivity index (χ0n) is 13.0. The molecule has 1 aromatic carbocycles. The number of ether oxygens (including phenoxy) is 1. The van der Waals surface area contributed by atoms with Crippen LogP contribution in [0.5, 0.6) is 5.75 Å². The molecule has 112 valence electrons. The monoisotopic (exact) mass is 279 g/mol. The fraction of sp³-hybridized carbons (Fsp3) is 0.647. The predicted octanol–water partition coefficient (Wildman–Crippen LogP) is 4.22. The van der Waals surface area contributed by atoms with Crippen LogP contribution in [0.15, 0.2) is 18.2 Å². The van der Waals surface area contributed by atoms with E-state index in [1.54, 1.807) is 6.07 Å². The molecule has 0 atom stereocenters. The number of nitrogens with two attached hydrogens (primary N) is 1. The first-order chi connectivity index (χ1) is 9.26. The smallest absolute Gasteiger partial charge is 0.165 e. The average Bonchev–Trinajstić information content (AvgIpc) is 2.38. The minimum Gasteiger partial charge on any atom is -0.494 e. The molecule has 0 bridgehead atoms. The summed E-state index contributed by atoms with van der Waals surface area (Å²) in [4.78, 5) is 0. The lowest BCUT2D eigenvalue weighted by Crippen LogP contribution is -2.42. The van der Waals surface area contributed by atoms with E-state index in [0.29, 0.717) is 11.3 Å². The lowest BCUT2D eigenvalue weighted by atomic mass is 9.66. The van der Waals surface area contributed by atoms with Crippen LogP contribution in [0.25, 0.3) is 0 Å². The van der Waals surface area contributed by atoms with Crippen molar-refractivity contribution < 1.29 is 9.13 Å². The molecule has 1 fully saturated rings. The standard InChI is InChI=1S/C17H26FNO/c1-16(2,3)12-7-9-17(19,10-8-12)13-5-6-15(20-4)14(18)11-13/h5-6,11-12H,7-10,19H2,1-4H3. The van der Waals surface area contributed by atoms with Crippen LogP contribution in [0.4, 0.5) is 4.39 Å². The number of rotatable bonds is 2. The highest BCUT2D eigenvalue weighted by molar-refractivity contribution is 5.33. The molecule has 1 aliphatic rings. The van der Waals surface area contributed by atoms with Gasteiger partial charge in [0, 0.05) is 5.54 Å². The van der Waals surface area contributed by atoms with Crippen LogP contribution in [0.3, 0.4) is 0 Å². The molecule has 3 heteroatoms. The molecule has 20 heavy (non-hydrogen) atoms. The van der Waals surface area contributed by atoms with Crippen LogP contribution in [0.2, 0.25) is 0 Å². The van der Waals surface area contributed by atoms with E-state index in [1.807, 2.05) is 6.07 Å². The van der Waals surface area contributed by atoms with E-state index in [2.05, 4.69) is 20.8 Å². The van der Waals surface area contributed by atoms with Crippen molar-refractivity contribution in [3.05, 3.63) is 29.6 Å². The van der Waals surface area contributed by atoms with Crippen molar-refractivity contribution in [3.63, 3.8) is 0 Å². The summed E-state index contributed by atoms with van der Waals surface area (Å²) >= 11 is 0. The van der Waals surface area contributed by atoms with Gasteiger partial charge >= 0.3 is 0 Å². The third-order valence-corrected chi connectivity index (χ3v) is 4.83. The maximum absolute atomic E-state index is 13.9. The van der Waals surface area contributed by atoms with Gasteiger partial charge in [-0.3, -0.25) is 0 Å². The normalized spacial score (nSPS) is 27.4. The predicted molar refractivity (Wildman–Crippen MR) is 80.2 cm³/mol. The number of methoxy groups -OCH3 is 1. The van der Waals surface area contributed by atoms with Gasteiger partial charge in [0.15, 0.2) is 11.6 Å². The van der Waals surface area contributed by atoms with Gasteiger partial charge in [-0.1, -0.05) is 26.8 Å². The zero-order valence-corrected chi connectivity index (χ0v) is 13.0. The lowest BCUT2D eigenvalue weighted by molar-refractivity contribution is 0.134. The third kappa shape index (κ3) is 2.98. The van der Waals surface area contributed by atoms with E-state index in [0.717, 1.165) is 31.2 Å².